The molecule has 3 rings (SSSR count). The highest BCUT2D eigenvalue weighted by Crippen LogP contribution is 2.22. The smallest absolute Gasteiger partial charge is 0.255 e. The van der Waals surface area contributed by atoms with E-state index in [-0.39, 0.29) is 11.8 Å². The van der Waals surface area contributed by atoms with Crippen LogP contribution in [0.5, 0.6) is 0 Å². The van der Waals surface area contributed by atoms with Gasteiger partial charge in [-0.2, -0.15) is 0 Å². The van der Waals surface area contributed by atoms with Gasteiger partial charge in [-0.3, -0.25) is 14.3 Å². The molecule has 0 spiro atoms. The third kappa shape index (κ3) is 5.59. The van der Waals surface area contributed by atoms with Crippen LogP contribution in [0.15, 0.2) is 48.5 Å². The van der Waals surface area contributed by atoms with Crippen molar-refractivity contribution in [2.24, 2.45) is 0 Å². The van der Waals surface area contributed by atoms with Crippen LogP contribution in [0.4, 0.5) is 17.1 Å². The van der Waals surface area contributed by atoms with E-state index in [4.69, 9.17) is 0 Å². The number of rotatable bonds is 5. The average molecular weight is 459 g/mol. The number of anilines is 3. The van der Waals surface area contributed by atoms with E-state index in [0.717, 1.165) is 18.8 Å². The lowest BCUT2D eigenvalue weighted by Crippen LogP contribution is -2.48. The Balaban J connectivity index is 1.58. The monoisotopic (exact) mass is 458 g/mol. The topological polar surface area (TPSA) is 98.8 Å². The van der Waals surface area contributed by atoms with Gasteiger partial charge in [0.1, 0.15) is 0 Å². The minimum Gasteiger partial charge on any atom is -0.368 e. The highest BCUT2D eigenvalue weighted by atomic mass is 32.2. The summed E-state index contributed by atoms with van der Waals surface area (Å²) >= 11 is 0. The number of piperazine rings is 1. The highest BCUT2D eigenvalue weighted by Gasteiger charge is 2.28. The number of benzene rings is 2. The lowest BCUT2D eigenvalue weighted by Gasteiger charge is -2.35. The molecule has 0 radical (unpaired) electrons. The van der Waals surface area contributed by atoms with Crippen LogP contribution in [0.1, 0.15) is 38.1 Å². The summed E-state index contributed by atoms with van der Waals surface area (Å²) in [5.74, 6) is -0.180. The van der Waals surface area contributed by atoms with Crippen molar-refractivity contribution in [3.05, 3.63) is 54.1 Å². The lowest BCUT2D eigenvalue weighted by atomic mass is 10.2. The summed E-state index contributed by atoms with van der Waals surface area (Å²) in [6.07, 6.45) is 0. The number of sulfonamides is 1. The molecule has 1 saturated heterocycles. The zero-order valence-electron chi connectivity index (χ0n) is 18.9. The molecule has 1 aliphatic rings. The third-order valence-electron chi connectivity index (χ3n) is 5.42. The average Bonchev–Trinajstić information content (AvgIpc) is 2.74. The molecule has 0 bridgehead atoms. The number of hydrogen-bond donors (Lipinski definition) is 2. The summed E-state index contributed by atoms with van der Waals surface area (Å²) in [6, 6.07) is 13.9. The second-order valence-electron chi connectivity index (χ2n) is 8.79. The molecule has 8 nitrogen and oxygen atoms in total. The first-order valence-corrected chi connectivity index (χ1v) is 12.0. The predicted molar refractivity (Wildman–Crippen MR) is 128 cm³/mol. The molecule has 172 valence electrons. The fraction of sp³-hybridized carbons (Fsp3) is 0.391. The van der Waals surface area contributed by atoms with E-state index in [1.807, 2.05) is 29.2 Å². The first kappa shape index (κ1) is 23.6. The number of carbonyl (C=O) groups excluding carboxylic acids is 2. The van der Waals surface area contributed by atoms with E-state index >= 15 is 0 Å². The van der Waals surface area contributed by atoms with Gasteiger partial charge in [-0.05, 0) is 69.3 Å². The largest absolute Gasteiger partial charge is 0.368 e. The van der Waals surface area contributed by atoms with Crippen molar-refractivity contribution >= 4 is 38.9 Å². The van der Waals surface area contributed by atoms with Gasteiger partial charge in [-0.1, -0.05) is 0 Å². The summed E-state index contributed by atoms with van der Waals surface area (Å²) in [5.41, 5.74) is 2.54. The number of hydrogen-bond acceptors (Lipinski definition) is 5. The standard InChI is InChI=1S/C23H30N4O4S/c1-17(28)26-13-15-27(16-14-26)21-11-9-19(10-12-21)24-22(29)18-5-7-20(8-6-18)25-32(30,31)23(2,3)4/h5-12,25H,13-16H2,1-4H3,(H,24,29). The first-order valence-electron chi connectivity index (χ1n) is 10.5. The number of carbonyl (C=O) groups is 2. The van der Waals surface area contributed by atoms with Crippen LogP contribution in [0.25, 0.3) is 0 Å². The molecule has 2 N–H and O–H groups in total. The molecule has 0 saturated carbocycles. The van der Waals surface area contributed by atoms with E-state index in [0.29, 0.717) is 30.0 Å². The molecule has 1 fully saturated rings. The Morgan fingerprint density at radius 1 is 0.844 bits per heavy atom. The number of nitrogens with one attached hydrogen (secondary N) is 2. The lowest BCUT2D eigenvalue weighted by molar-refractivity contribution is -0.129. The molecule has 0 aromatic heterocycles. The van der Waals surface area contributed by atoms with Crippen LogP contribution in [0.2, 0.25) is 0 Å². The zero-order chi connectivity index (χ0) is 23.5. The number of nitrogens with zero attached hydrogens (tertiary/aromatic N) is 2. The first-order chi connectivity index (χ1) is 15.0. The van der Waals surface area contributed by atoms with Crippen molar-refractivity contribution in [1.82, 2.24) is 4.90 Å². The summed E-state index contributed by atoms with van der Waals surface area (Å²) in [6.45, 7) is 9.40. The van der Waals surface area contributed by atoms with E-state index in [1.54, 1.807) is 52.0 Å². The summed E-state index contributed by atoms with van der Waals surface area (Å²) < 4.78 is 26.1. The summed E-state index contributed by atoms with van der Waals surface area (Å²) in [7, 11) is -3.53. The van der Waals surface area contributed by atoms with Gasteiger partial charge in [0.15, 0.2) is 0 Å². The van der Waals surface area contributed by atoms with Gasteiger partial charge in [0.05, 0.1) is 4.75 Å². The van der Waals surface area contributed by atoms with Crippen LogP contribution < -0.4 is 14.9 Å². The molecular weight excluding hydrogens is 428 g/mol. The normalized spacial score (nSPS) is 14.8. The van der Waals surface area contributed by atoms with Crippen molar-refractivity contribution < 1.29 is 18.0 Å². The van der Waals surface area contributed by atoms with Crippen molar-refractivity contribution in [3.8, 4) is 0 Å². The second kappa shape index (κ2) is 9.20. The van der Waals surface area contributed by atoms with Gasteiger partial charge in [-0.15, -0.1) is 0 Å². The van der Waals surface area contributed by atoms with E-state index in [9.17, 15) is 18.0 Å². The molecule has 0 aliphatic carbocycles. The highest BCUT2D eigenvalue weighted by molar-refractivity contribution is 7.94. The van der Waals surface area contributed by atoms with Gasteiger partial charge >= 0.3 is 0 Å². The van der Waals surface area contributed by atoms with Crippen LogP contribution in [0, 0.1) is 0 Å². The van der Waals surface area contributed by atoms with Crippen molar-refractivity contribution in [3.63, 3.8) is 0 Å². The van der Waals surface area contributed by atoms with Gasteiger partial charge in [0.2, 0.25) is 15.9 Å². The molecule has 9 heteroatoms. The van der Waals surface area contributed by atoms with Crippen LogP contribution >= 0.6 is 0 Å². The molecule has 0 atom stereocenters. The Morgan fingerprint density at radius 3 is 1.88 bits per heavy atom. The third-order valence-corrected chi connectivity index (χ3v) is 7.54. The Bertz CT molecular complexity index is 1070. The van der Waals surface area contributed by atoms with E-state index < -0.39 is 14.8 Å². The van der Waals surface area contributed by atoms with Crippen molar-refractivity contribution in [1.29, 1.82) is 0 Å². The van der Waals surface area contributed by atoms with E-state index in [2.05, 4.69) is 14.9 Å². The molecule has 2 aromatic carbocycles. The molecular formula is C23H30N4O4S. The molecule has 32 heavy (non-hydrogen) atoms. The minimum atomic E-state index is -3.53. The molecule has 2 aromatic rings. The van der Waals surface area contributed by atoms with Gasteiger partial charge in [0, 0.05) is 55.7 Å². The zero-order valence-corrected chi connectivity index (χ0v) is 19.7. The minimum absolute atomic E-state index is 0.0994. The molecule has 2 amide bonds. The maximum Gasteiger partial charge on any atom is 0.255 e. The SMILES string of the molecule is CC(=O)N1CCN(c2ccc(NC(=O)c3ccc(NS(=O)(=O)C(C)(C)C)cc3)cc2)CC1. The van der Waals surface area contributed by atoms with Crippen molar-refractivity contribution in [2.75, 3.05) is 41.1 Å². The van der Waals surface area contributed by atoms with Crippen LogP contribution in [-0.2, 0) is 14.8 Å². The fourth-order valence-electron chi connectivity index (χ4n) is 3.24. The van der Waals surface area contributed by atoms with Crippen LogP contribution in [-0.4, -0.2) is 56.1 Å². The Morgan fingerprint density at radius 2 is 1.38 bits per heavy atom. The maximum atomic E-state index is 12.6. The summed E-state index contributed by atoms with van der Waals surface area (Å²) in [4.78, 5) is 28.1. The van der Waals surface area contributed by atoms with Gasteiger partial charge in [0.25, 0.3) is 5.91 Å². The Hall–Kier alpha value is -3.07. The van der Waals surface area contributed by atoms with Gasteiger partial charge < -0.3 is 15.1 Å². The summed E-state index contributed by atoms with van der Waals surface area (Å²) in [5, 5.41) is 2.85. The molecule has 1 heterocycles. The van der Waals surface area contributed by atoms with Crippen molar-refractivity contribution in [2.45, 2.75) is 32.4 Å². The van der Waals surface area contributed by atoms with E-state index in [1.165, 1.54) is 0 Å². The quantitative estimate of drug-likeness (QED) is 0.717. The Labute approximate surface area is 189 Å². The molecule has 1 aliphatic heterocycles. The van der Waals surface area contributed by atoms with Crippen LogP contribution in [0.3, 0.4) is 0 Å². The predicted octanol–water partition coefficient (Wildman–Crippen LogP) is 3.15. The molecule has 0 unspecified atom stereocenters. The number of amides is 2. The maximum absolute atomic E-state index is 12.6. The second-order valence-corrected chi connectivity index (χ2v) is 11.2. The fourth-order valence-corrected chi connectivity index (χ4v) is 3.99. The Kier molecular flexibility index (Phi) is 6.78. The van der Waals surface area contributed by atoms with Gasteiger partial charge in [-0.25, -0.2) is 8.42 Å².